The topological polar surface area (TPSA) is 117 Å². The number of nitrogens with zero attached hydrogens (tertiary/aromatic N) is 5. The van der Waals surface area contributed by atoms with Crippen LogP contribution in [-0.4, -0.2) is 42.9 Å². The van der Waals surface area contributed by atoms with Crippen LogP contribution in [-0.2, 0) is 0 Å². The van der Waals surface area contributed by atoms with E-state index in [4.69, 9.17) is 0 Å². The van der Waals surface area contributed by atoms with Gasteiger partial charge >= 0.3 is 0 Å². The maximum Gasteiger partial charge on any atom is 0.254 e. The lowest BCUT2D eigenvalue weighted by atomic mass is 9.93. The molecular formula is C20H20N6O2. The Hall–Kier alpha value is -3.31. The average Bonchev–Trinajstić information content (AvgIpc) is 3.07. The number of aromatic nitrogens is 4. The molecule has 0 aliphatic heterocycles. The van der Waals surface area contributed by atoms with Gasteiger partial charge < -0.3 is 10.4 Å². The summed E-state index contributed by atoms with van der Waals surface area (Å²) in [4.78, 5) is 21.0. The molecule has 0 saturated heterocycles. The number of aliphatic hydroxyl groups excluding tert-OH is 1. The first kappa shape index (κ1) is 18.1. The molecule has 2 heterocycles. The second-order valence-corrected chi connectivity index (χ2v) is 7.06. The summed E-state index contributed by atoms with van der Waals surface area (Å²) in [6.07, 6.45) is 5.65. The lowest BCUT2D eigenvalue weighted by Gasteiger charge is -2.26. The molecule has 4 rings (SSSR count). The highest BCUT2D eigenvalue weighted by Crippen LogP contribution is 2.23. The van der Waals surface area contributed by atoms with Crippen LogP contribution in [0, 0.1) is 18.3 Å². The predicted octanol–water partition coefficient (Wildman–Crippen LogP) is 2.03. The van der Waals surface area contributed by atoms with E-state index in [9.17, 15) is 15.2 Å². The summed E-state index contributed by atoms with van der Waals surface area (Å²) in [5.41, 5.74) is 2.39. The van der Waals surface area contributed by atoms with Gasteiger partial charge in [-0.1, -0.05) is 6.07 Å². The number of aliphatic hydroxyl groups is 1. The van der Waals surface area contributed by atoms with Crippen LogP contribution in [0.5, 0.6) is 0 Å². The van der Waals surface area contributed by atoms with Crippen molar-refractivity contribution in [3.8, 4) is 12.0 Å². The molecule has 1 aromatic carbocycles. The lowest BCUT2D eigenvalue weighted by Crippen LogP contribution is -2.38. The first-order chi connectivity index (χ1) is 13.6. The Labute approximate surface area is 161 Å². The molecular weight excluding hydrogens is 356 g/mol. The molecule has 1 aliphatic carbocycles. The van der Waals surface area contributed by atoms with Gasteiger partial charge in [-0.3, -0.25) is 4.79 Å². The molecule has 1 saturated carbocycles. The largest absolute Gasteiger partial charge is 0.393 e. The maximum atomic E-state index is 12.4. The van der Waals surface area contributed by atoms with Gasteiger partial charge in [-0.15, -0.1) is 0 Å². The van der Waals surface area contributed by atoms with Gasteiger partial charge in [-0.25, -0.2) is 9.97 Å². The number of benzene rings is 1. The number of amides is 1. The Morgan fingerprint density at radius 2 is 1.96 bits per heavy atom. The Kier molecular flexibility index (Phi) is 4.75. The number of carbonyl (C=O) groups excluding carboxylic acids is 1. The Morgan fingerprint density at radius 3 is 2.64 bits per heavy atom. The van der Waals surface area contributed by atoms with Gasteiger partial charge in [-0.2, -0.15) is 15.0 Å². The number of carbonyl (C=O) groups is 1. The molecule has 28 heavy (non-hydrogen) atoms. The van der Waals surface area contributed by atoms with Gasteiger partial charge in [-0.05, 0) is 44.7 Å². The zero-order valence-electron chi connectivity index (χ0n) is 15.5. The van der Waals surface area contributed by atoms with Gasteiger partial charge in [0.2, 0.25) is 0 Å². The van der Waals surface area contributed by atoms with Gasteiger partial charge in [0.1, 0.15) is 0 Å². The summed E-state index contributed by atoms with van der Waals surface area (Å²) in [5.74, 6) is 0.117. The predicted molar refractivity (Wildman–Crippen MR) is 102 cm³/mol. The number of fused-ring (bicyclic) bond motifs is 1. The summed E-state index contributed by atoms with van der Waals surface area (Å²) >= 11 is 0. The molecule has 0 atom stereocenters. The average molecular weight is 376 g/mol. The van der Waals surface area contributed by atoms with E-state index in [1.807, 2.05) is 13.0 Å². The SMILES string of the molecule is Cc1nn(-c2ncc(C(=O)NC3CCC(O)CC3)cn2)c2cccc(C#N)c12. The normalized spacial score (nSPS) is 19.3. The molecule has 2 aromatic heterocycles. The van der Waals surface area contributed by atoms with Crippen LogP contribution >= 0.6 is 0 Å². The van der Waals surface area contributed by atoms with E-state index < -0.39 is 0 Å². The molecule has 1 aliphatic rings. The first-order valence-corrected chi connectivity index (χ1v) is 9.26. The van der Waals surface area contributed by atoms with E-state index in [1.165, 1.54) is 12.4 Å². The molecule has 0 unspecified atom stereocenters. The fraction of sp³-hybridized carbons (Fsp3) is 0.350. The van der Waals surface area contributed by atoms with E-state index in [-0.39, 0.29) is 18.1 Å². The minimum absolute atomic E-state index is 0.0673. The second-order valence-electron chi connectivity index (χ2n) is 7.06. The Morgan fingerprint density at radius 1 is 1.25 bits per heavy atom. The quantitative estimate of drug-likeness (QED) is 0.722. The fourth-order valence-corrected chi connectivity index (χ4v) is 3.63. The lowest BCUT2D eigenvalue weighted by molar-refractivity contribution is 0.0867. The maximum absolute atomic E-state index is 12.4. The number of nitriles is 1. The molecule has 8 nitrogen and oxygen atoms in total. The summed E-state index contributed by atoms with van der Waals surface area (Å²) < 4.78 is 1.58. The minimum Gasteiger partial charge on any atom is -0.393 e. The van der Waals surface area contributed by atoms with Crippen LogP contribution in [0.4, 0.5) is 0 Å². The van der Waals surface area contributed by atoms with Gasteiger partial charge in [0.05, 0.1) is 34.5 Å². The van der Waals surface area contributed by atoms with Crippen molar-refractivity contribution in [1.29, 1.82) is 5.26 Å². The molecule has 0 radical (unpaired) electrons. The molecule has 2 N–H and O–H groups in total. The number of rotatable bonds is 3. The van der Waals surface area contributed by atoms with Crippen molar-refractivity contribution in [3.63, 3.8) is 0 Å². The van der Waals surface area contributed by atoms with Gasteiger partial charge in [0.25, 0.3) is 11.9 Å². The van der Waals surface area contributed by atoms with Crippen LogP contribution in [0.3, 0.4) is 0 Å². The van der Waals surface area contributed by atoms with Gasteiger partial charge in [0, 0.05) is 23.8 Å². The zero-order chi connectivity index (χ0) is 19.7. The fourth-order valence-electron chi connectivity index (χ4n) is 3.63. The summed E-state index contributed by atoms with van der Waals surface area (Å²) in [7, 11) is 0. The smallest absolute Gasteiger partial charge is 0.254 e. The van der Waals surface area contributed by atoms with Crippen molar-refractivity contribution >= 4 is 16.8 Å². The van der Waals surface area contributed by atoms with Crippen molar-refractivity contribution in [2.45, 2.75) is 44.8 Å². The molecule has 8 heteroatoms. The third kappa shape index (κ3) is 3.32. The van der Waals surface area contributed by atoms with E-state index in [1.54, 1.807) is 16.8 Å². The number of hydrogen-bond acceptors (Lipinski definition) is 6. The Bertz CT molecular complexity index is 1060. The first-order valence-electron chi connectivity index (χ1n) is 9.26. The second kappa shape index (κ2) is 7.37. The highest BCUT2D eigenvalue weighted by Gasteiger charge is 2.22. The molecule has 0 spiro atoms. The van der Waals surface area contributed by atoms with Crippen LogP contribution < -0.4 is 5.32 Å². The summed E-state index contributed by atoms with van der Waals surface area (Å²) in [5, 5.41) is 27.1. The van der Waals surface area contributed by atoms with Gasteiger partial charge in [0.15, 0.2) is 0 Å². The molecule has 142 valence electrons. The molecule has 1 fully saturated rings. The van der Waals surface area contributed by atoms with Crippen LogP contribution in [0.2, 0.25) is 0 Å². The summed E-state index contributed by atoms with van der Waals surface area (Å²) in [6, 6.07) is 7.65. The summed E-state index contributed by atoms with van der Waals surface area (Å²) in [6.45, 7) is 1.84. The highest BCUT2D eigenvalue weighted by atomic mass is 16.3. The van der Waals surface area contributed by atoms with E-state index in [0.29, 0.717) is 29.9 Å². The van der Waals surface area contributed by atoms with Crippen molar-refractivity contribution in [3.05, 3.63) is 47.4 Å². The zero-order valence-corrected chi connectivity index (χ0v) is 15.5. The highest BCUT2D eigenvalue weighted by molar-refractivity contribution is 5.94. The van der Waals surface area contributed by atoms with Crippen molar-refractivity contribution in [2.75, 3.05) is 0 Å². The van der Waals surface area contributed by atoms with E-state index in [2.05, 4.69) is 26.5 Å². The number of nitrogens with one attached hydrogen (secondary N) is 1. The number of hydrogen-bond donors (Lipinski definition) is 2. The van der Waals surface area contributed by atoms with Crippen LogP contribution in [0.25, 0.3) is 16.9 Å². The van der Waals surface area contributed by atoms with Crippen LogP contribution in [0.1, 0.15) is 47.3 Å². The van der Waals surface area contributed by atoms with Crippen LogP contribution in [0.15, 0.2) is 30.6 Å². The molecule has 0 bridgehead atoms. The third-order valence-electron chi connectivity index (χ3n) is 5.12. The van der Waals surface area contributed by atoms with Crippen molar-refractivity contribution in [2.24, 2.45) is 0 Å². The number of aryl methyl sites for hydroxylation is 1. The standard InChI is InChI=1S/C20H20N6O2/c1-12-18-13(9-21)3-2-4-17(18)26(25-12)20-22-10-14(11-23-20)19(28)24-15-5-7-16(27)8-6-15/h2-4,10-11,15-16,27H,5-8H2,1H3,(H,24,28). The van der Waals surface area contributed by atoms with E-state index in [0.717, 1.165) is 29.4 Å². The van der Waals surface area contributed by atoms with Crippen molar-refractivity contribution < 1.29 is 9.90 Å². The Balaban J connectivity index is 1.56. The van der Waals surface area contributed by atoms with Crippen molar-refractivity contribution in [1.82, 2.24) is 25.1 Å². The molecule has 1 amide bonds. The molecule has 3 aromatic rings. The monoisotopic (exact) mass is 376 g/mol. The van der Waals surface area contributed by atoms with E-state index >= 15 is 0 Å². The minimum atomic E-state index is -0.260. The third-order valence-corrected chi connectivity index (χ3v) is 5.12.